The first-order valence-electron chi connectivity index (χ1n) is 2.88. The number of phenolic OH excluding ortho intramolecular Hbond substituents is 1. The van der Waals surface area contributed by atoms with Gasteiger partial charge in [-0.3, -0.25) is 0 Å². The normalized spacial score (nSPS) is 10.0. The smallest absolute Gasteiger partial charge is 0.394 e. The van der Waals surface area contributed by atoms with E-state index in [0.29, 0.717) is 6.07 Å². The van der Waals surface area contributed by atoms with Gasteiger partial charge in [-0.25, -0.2) is 0 Å². The number of rotatable bonds is 0. The zero-order valence-electron chi connectivity index (χ0n) is 7.19. The summed E-state index contributed by atoms with van der Waals surface area (Å²) < 4.78 is 36.0. The van der Waals surface area contributed by atoms with Crippen molar-refractivity contribution in [3.8, 4) is 5.75 Å². The molecule has 0 aliphatic heterocycles. The second-order valence-corrected chi connectivity index (χ2v) is 2.93. The van der Waals surface area contributed by atoms with Gasteiger partial charge in [-0.15, -0.1) is 22.0 Å². The van der Waals surface area contributed by atoms with Crippen LogP contribution in [0.1, 0.15) is 5.56 Å². The molecule has 0 saturated carbocycles. The molecule has 1 N–H and O–H groups in total. The largest absolute Gasteiger partial charge is 0.532 e. The second kappa shape index (κ2) is 6.08. The van der Waals surface area contributed by atoms with Crippen LogP contribution in [-0.4, -0.2) is 5.11 Å². The topological polar surface area (TPSA) is 20.2 Å². The van der Waals surface area contributed by atoms with Gasteiger partial charge in [0.15, 0.2) is 0 Å². The SMILES string of the molecule is Oc1cc(C(F)(F)F)[c-]cc1Br.[CH3-].[Y]. The fraction of sp³-hybridized carbons (Fsp3) is 0.125. The third-order valence-electron chi connectivity index (χ3n) is 1.19. The van der Waals surface area contributed by atoms with Crippen molar-refractivity contribution in [1.82, 2.24) is 0 Å². The van der Waals surface area contributed by atoms with Gasteiger partial charge in [-0.05, 0) is 0 Å². The monoisotopic (exact) mass is 343 g/mol. The van der Waals surface area contributed by atoms with E-state index in [1.807, 2.05) is 6.07 Å². The summed E-state index contributed by atoms with van der Waals surface area (Å²) in [5.74, 6) is -0.443. The first-order chi connectivity index (χ1) is 5.41. The Bertz CT molecular complexity index is 301. The minimum Gasteiger partial charge on any atom is -0.532 e. The molecule has 1 rings (SSSR count). The molecule has 0 heterocycles. The number of hydrogen-bond acceptors (Lipinski definition) is 1. The Morgan fingerprint density at radius 3 is 2.21 bits per heavy atom. The van der Waals surface area contributed by atoms with Crippen molar-refractivity contribution in [1.29, 1.82) is 0 Å². The Kier molecular flexibility index (Phi) is 7.30. The number of aromatic hydroxyl groups is 1. The molecule has 1 nitrogen and oxygen atoms in total. The molecule has 1 radical (unpaired) electrons. The molecule has 0 aromatic heterocycles. The Hall–Kier alpha value is 0.394. The van der Waals surface area contributed by atoms with Crippen molar-refractivity contribution in [2.75, 3.05) is 0 Å². The maximum absolute atomic E-state index is 11.9. The number of hydrogen-bond donors (Lipinski definition) is 1. The van der Waals surface area contributed by atoms with E-state index in [-0.39, 0.29) is 44.6 Å². The number of benzene rings is 1. The van der Waals surface area contributed by atoms with Crippen LogP contribution in [-0.2, 0) is 38.9 Å². The van der Waals surface area contributed by atoms with Crippen molar-refractivity contribution in [3.05, 3.63) is 35.7 Å². The standard InChI is InChI=1S/C7H3BrF3O.CH3.Y/c8-5-2-1-4(3-6(5)12)7(9,10)11;;/h2-3,12H;1H3;/q2*-1;. The molecule has 14 heavy (non-hydrogen) atoms. The zero-order valence-corrected chi connectivity index (χ0v) is 11.6. The van der Waals surface area contributed by atoms with Crippen LogP contribution >= 0.6 is 15.9 Å². The van der Waals surface area contributed by atoms with E-state index in [1.54, 1.807) is 0 Å². The van der Waals surface area contributed by atoms with Crippen LogP contribution in [0.4, 0.5) is 13.2 Å². The molecule has 77 valence electrons. The van der Waals surface area contributed by atoms with E-state index < -0.39 is 17.5 Å². The zero-order chi connectivity index (χ0) is 9.35. The van der Waals surface area contributed by atoms with Crippen LogP contribution in [0.5, 0.6) is 5.75 Å². The summed E-state index contributed by atoms with van der Waals surface area (Å²) in [7, 11) is 0. The van der Waals surface area contributed by atoms with Gasteiger partial charge in [0.05, 0.1) is 0 Å². The summed E-state index contributed by atoms with van der Waals surface area (Å²) >= 11 is 2.85. The first kappa shape index (κ1) is 16.8. The molecule has 0 aliphatic carbocycles. The van der Waals surface area contributed by atoms with Gasteiger partial charge >= 0.3 is 6.18 Å². The van der Waals surface area contributed by atoms with Gasteiger partial charge in [0.1, 0.15) is 0 Å². The Balaban J connectivity index is 0. The summed E-state index contributed by atoms with van der Waals surface area (Å²) in [6.45, 7) is 0. The molecular formula is C8H6BrF3OY-2. The summed E-state index contributed by atoms with van der Waals surface area (Å²) in [4.78, 5) is 0. The molecule has 0 atom stereocenters. The Morgan fingerprint density at radius 2 is 1.86 bits per heavy atom. The van der Waals surface area contributed by atoms with Crippen molar-refractivity contribution < 1.29 is 51.0 Å². The third-order valence-corrected chi connectivity index (χ3v) is 1.82. The van der Waals surface area contributed by atoms with Crippen molar-refractivity contribution >= 4 is 15.9 Å². The van der Waals surface area contributed by atoms with E-state index in [4.69, 9.17) is 5.11 Å². The Labute approximate surface area is 114 Å². The number of halogens is 4. The van der Waals surface area contributed by atoms with E-state index in [1.165, 1.54) is 0 Å². The predicted molar refractivity (Wildman–Crippen MR) is 46.1 cm³/mol. The summed E-state index contributed by atoms with van der Waals surface area (Å²) in [5.41, 5.74) is -0.983. The van der Waals surface area contributed by atoms with Crippen LogP contribution in [0, 0.1) is 13.5 Å². The van der Waals surface area contributed by atoms with Gasteiger partial charge in [0.25, 0.3) is 0 Å². The summed E-state index contributed by atoms with van der Waals surface area (Å²) in [6, 6.07) is 3.63. The van der Waals surface area contributed by atoms with Crippen LogP contribution < -0.4 is 0 Å². The maximum Gasteiger partial charge on any atom is 0.394 e. The van der Waals surface area contributed by atoms with Crippen LogP contribution in [0.15, 0.2) is 16.6 Å². The summed E-state index contributed by atoms with van der Waals surface area (Å²) in [5, 5.41) is 8.90. The van der Waals surface area contributed by atoms with Gasteiger partial charge in [0.2, 0.25) is 0 Å². The first-order valence-corrected chi connectivity index (χ1v) is 3.68. The molecule has 0 saturated heterocycles. The van der Waals surface area contributed by atoms with Gasteiger partial charge in [-0.1, -0.05) is 10.0 Å². The molecule has 1 aromatic carbocycles. The van der Waals surface area contributed by atoms with Crippen molar-refractivity contribution in [3.63, 3.8) is 0 Å². The molecule has 0 bridgehead atoms. The second-order valence-electron chi connectivity index (χ2n) is 2.08. The quantitative estimate of drug-likeness (QED) is 0.716. The molecular weight excluding hydrogens is 338 g/mol. The van der Waals surface area contributed by atoms with Crippen LogP contribution in [0.25, 0.3) is 0 Å². The van der Waals surface area contributed by atoms with Gasteiger partial charge in [0, 0.05) is 38.5 Å². The molecule has 0 fully saturated rings. The summed E-state index contributed by atoms with van der Waals surface area (Å²) in [6.07, 6.45) is -4.46. The minimum atomic E-state index is -4.46. The average Bonchev–Trinajstić information content (AvgIpc) is 1.92. The van der Waals surface area contributed by atoms with Crippen LogP contribution in [0.2, 0.25) is 0 Å². The maximum atomic E-state index is 11.9. The van der Waals surface area contributed by atoms with Gasteiger partial charge in [-0.2, -0.15) is 25.3 Å². The van der Waals surface area contributed by atoms with E-state index >= 15 is 0 Å². The fourth-order valence-electron chi connectivity index (χ4n) is 0.626. The molecule has 1 aromatic rings. The molecule has 0 spiro atoms. The number of phenols is 1. The van der Waals surface area contributed by atoms with E-state index in [0.717, 1.165) is 6.07 Å². The molecule has 0 amide bonds. The molecule has 0 aliphatic rings. The van der Waals surface area contributed by atoms with Crippen molar-refractivity contribution in [2.45, 2.75) is 6.18 Å². The van der Waals surface area contributed by atoms with Gasteiger partial charge < -0.3 is 12.5 Å². The average molecular weight is 344 g/mol. The molecule has 0 unspecified atom stereocenters. The van der Waals surface area contributed by atoms with E-state index in [2.05, 4.69) is 15.9 Å². The Morgan fingerprint density at radius 1 is 1.36 bits per heavy atom. The van der Waals surface area contributed by atoms with Crippen molar-refractivity contribution in [2.24, 2.45) is 0 Å². The molecule has 6 heteroatoms. The minimum absolute atomic E-state index is 0. The fourth-order valence-corrected chi connectivity index (χ4v) is 0.855. The predicted octanol–water partition coefficient (Wildman–Crippen LogP) is 3.42. The number of alkyl halides is 3. The van der Waals surface area contributed by atoms with E-state index in [9.17, 15) is 13.2 Å². The third kappa shape index (κ3) is 4.28. The van der Waals surface area contributed by atoms with Crippen LogP contribution in [0.3, 0.4) is 0 Å².